The fraction of sp³-hybridized carbons (Fsp3) is 0.556. The number of carboxylic acid groups (broad SMARTS) is 1. The number of hydrogen-bond donors (Lipinski definition) is 1. The van der Waals surface area contributed by atoms with Crippen LogP contribution < -0.4 is 10.4 Å². The second kappa shape index (κ2) is 4.95. The number of carboxylic acids is 1. The molecule has 1 aromatic rings. The summed E-state index contributed by atoms with van der Waals surface area (Å²) in [6.07, 6.45) is 1.04. The lowest BCUT2D eigenvalue weighted by atomic mass is 10.1. The quantitative estimate of drug-likeness (QED) is 0.791. The molecule has 0 fully saturated rings. The standard InChI is InChI=1S/C9H14N2O2S/c1-6(2)3-4-10-9-11-7(5-14-9)8(12)13/h5-6H,3-4H2,1-2H3,(H,10,11)(H,12,13)/p-1. The first kappa shape index (κ1) is 11.0. The van der Waals surface area contributed by atoms with Crippen LogP contribution in [0.2, 0.25) is 0 Å². The van der Waals surface area contributed by atoms with E-state index in [1.165, 1.54) is 16.7 Å². The van der Waals surface area contributed by atoms with Crippen molar-refractivity contribution < 1.29 is 9.90 Å². The van der Waals surface area contributed by atoms with Crippen molar-refractivity contribution in [2.75, 3.05) is 11.9 Å². The van der Waals surface area contributed by atoms with E-state index >= 15 is 0 Å². The van der Waals surface area contributed by atoms with Crippen LogP contribution in [0.1, 0.15) is 30.8 Å². The van der Waals surface area contributed by atoms with E-state index in [0.29, 0.717) is 11.0 Å². The van der Waals surface area contributed by atoms with Gasteiger partial charge in [0.05, 0.1) is 11.7 Å². The van der Waals surface area contributed by atoms with E-state index in [9.17, 15) is 9.90 Å². The van der Waals surface area contributed by atoms with Crippen molar-refractivity contribution >= 4 is 22.4 Å². The highest BCUT2D eigenvalue weighted by Gasteiger charge is 2.01. The van der Waals surface area contributed by atoms with Crippen LogP contribution in [-0.2, 0) is 0 Å². The summed E-state index contributed by atoms with van der Waals surface area (Å²) in [4.78, 5) is 14.3. The number of aromatic nitrogens is 1. The summed E-state index contributed by atoms with van der Waals surface area (Å²) in [6, 6.07) is 0. The van der Waals surface area contributed by atoms with E-state index in [1.807, 2.05) is 0 Å². The Balaban J connectivity index is 2.40. The van der Waals surface area contributed by atoms with Gasteiger partial charge in [0.1, 0.15) is 0 Å². The van der Waals surface area contributed by atoms with Crippen molar-refractivity contribution in [2.45, 2.75) is 20.3 Å². The van der Waals surface area contributed by atoms with Gasteiger partial charge in [-0.25, -0.2) is 4.98 Å². The third-order valence-electron chi connectivity index (χ3n) is 1.71. The number of anilines is 1. The third-order valence-corrected chi connectivity index (χ3v) is 2.51. The molecule has 0 amide bonds. The summed E-state index contributed by atoms with van der Waals surface area (Å²) in [6.45, 7) is 5.09. The molecule has 5 heteroatoms. The lowest BCUT2D eigenvalue weighted by Crippen LogP contribution is -2.22. The number of nitrogens with one attached hydrogen (secondary N) is 1. The van der Waals surface area contributed by atoms with Gasteiger partial charge in [-0.1, -0.05) is 13.8 Å². The zero-order valence-electron chi connectivity index (χ0n) is 8.24. The van der Waals surface area contributed by atoms with Gasteiger partial charge in [-0.2, -0.15) is 0 Å². The van der Waals surface area contributed by atoms with Crippen molar-refractivity contribution in [3.63, 3.8) is 0 Å². The molecule has 1 rings (SSSR count). The van der Waals surface area contributed by atoms with Crippen LogP contribution in [0, 0.1) is 5.92 Å². The Bertz CT molecular complexity index is 310. The molecule has 0 spiro atoms. The molecule has 0 bridgehead atoms. The molecular weight excluding hydrogens is 200 g/mol. The van der Waals surface area contributed by atoms with E-state index in [1.54, 1.807) is 0 Å². The maximum atomic E-state index is 10.4. The normalized spacial score (nSPS) is 10.5. The fourth-order valence-electron chi connectivity index (χ4n) is 0.916. The van der Waals surface area contributed by atoms with Crippen LogP contribution in [0.25, 0.3) is 0 Å². The van der Waals surface area contributed by atoms with Gasteiger partial charge >= 0.3 is 0 Å². The molecule has 1 N–H and O–H groups in total. The molecular formula is C9H13N2O2S-. The number of carbonyl (C=O) groups excluding carboxylic acids is 1. The minimum Gasteiger partial charge on any atom is -0.543 e. The molecule has 1 aromatic heterocycles. The number of nitrogens with zero attached hydrogens (tertiary/aromatic N) is 1. The smallest absolute Gasteiger partial charge is 0.183 e. The third kappa shape index (κ3) is 3.33. The molecule has 0 aliphatic heterocycles. The fourth-order valence-corrected chi connectivity index (χ4v) is 1.63. The van der Waals surface area contributed by atoms with Crippen molar-refractivity contribution in [1.29, 1.82) is 0 Å². The van der Waals surface area contributed by atoms with E-state index in [2.05, 4.69) is 24.1 Å². The molecule has 4 nitrogen and oxygen atoms in total. The number of hydrogen-bond acceptors (Lipinski definition) is 5. The minimum absolute atomic E-state index is 0.00190. The SMILES string of the molecule is CC(C)CCNc1nc(C(=O)[O-])cs1. The molecule has 0 unspecified atom stereocenters. The first-order valence-corrected chi connectivity index (χ1v) is 5.38. The second-order valence-corrected chi connectivity index (χ2v) is 4.29. The molecule has 14 heavy (non-hydrogen) atoms. The van der Waals surface area contributed by atoms with Gasteiger partial charge in [0, 0.05) is 11.9 Å². The van der Waals surface area contributed by atoms with Crippen molar-refractivity contribution in [3.8, 4) is 0 Å². The molecule has 0 saturated heterocycles. The Hall–Kier alpha value is -1.10. The molecule has 78 valence electrons. The summed E-state index contributed by atoms with van der Waals surface area (Å²) >= 11 is 1.29. The number of rotatable bonds is 5. The predicted molar refractivity (Wildman–Crippen MR) is 54.4 cm³/mol. The molecule has 0 aliphatic rings. The summed E-state index contributed by atoms with van der Waals surface area (Å²) in [5.41, 5.74) is 0.00190. The first-order chi connectivity index (χ1) is 6.59. The lowest BCUT2D eigenvalue weighted by molar-refractivity contribution is -0.255. The van der Waals surface area contributed by atoms with Crippen LogP contribution in [0.15, 0.2) is 5.38 Å². The van der Waals surface area contributed by atoms with E-state index < -0.39 is 5.97 Å². The van der Waals surface area contributed by atoms with Gasteiger partial charge in [-0.3, -0.25) is 0 Å². The minimum atomic E-state index is -1.22. The van der Waals surface area contributed by atoms with Crippen molar-refractivity contribution in [1.82, 2.24) is 4.98 Å². The summed E-state index contributed by atoms with van der Waals surface area (Å²) in [5.74, 6) is -0.596. The maximum absolute atomic E-state index is 10.4. The summed E-state index contributed by atoms with van der Waals surface area (Å²) in [7, 11) is 0. The molecule has 1 heterocycles. The largest absolute Gasteiger partial charge is 0.543 e. The Morgan fingerprint density at radius 3 is 2.93 bits per heavy atom. The van der Waals surface area contributed by atoms with Gasteiger partial charge < -0.3 is 15.2 Å². The average Bonchev–Trinajstić information content (AvgIpc) is 2.52. The van der Waals surface area contributed by atoms with Crippen LogP contribution >= 0.6 is 11.3 Å². The lowest BCUT2D eigenvalue weighted by Gasteiger charge is -2.04. The first-order valence-electron chi connectivity index (χ1n) is 4.50. The molecule has 0 aliphatic carbocycles. The van der Waals surface area contributed by atoms with Crippen LogP contribution in [0.4, 0.5) is 5.13 Å². The summed E-state index contributed by atoms with van der Waals surface area (Å²) in [5, 5.41) is 15.6. The van der Waals surface area contributed by atoms with Gasteiger partial charge in [0.2, 0.25) is 0 Å². The van der Waals surface area contributed by atoms with E-state index in [4.69, 9.17) is 0 Å². The highest BCUT2D eigenvalue weighted by atomic mass is 32.1. The predicted octanol–water partition coefficient (Wildman–Crippen LogP) is 0.965. The molecule has 0 saturated carbocycles. The zero-order valence-corrected chi connectivity index (χ0v) is 9.06. The van der Waals surface area contributed by atoms with E-state index in [-0.39, 0.29) is 5.69 Å². The Morgan fingerprint density at radius 1 is 1.71 bits per heavy atom. The van der Waals surface area contributed by atoms with Crippen LogP contribution in [-0.4, -0.2) is 17.5 Å². The molecule has 0 radical (unpaired) electrons. The second-order valence-electron chi connectivity index (χ2n) is 3.43. The number of aromatic carboxylic acids is 1. The molecule has 0 aromatic carbocycles. The van der Waals surface area contributed by atoms with Crippen molar-refractivity contribution in [2.24, 2.45) is 5.92 Å². The van der Waals surface area contributed by atoms with Crippen LogP contribution in [0.5, 0.6) is 0 Å². The number of thiazole rings is 1. The maximum Gasteiger partial charge on any atom is 0.183 e. The summed E-state index contributed by atoms with van der Waals surface area (Å²) < 4.78 is 0. The highest BCUT2D eigenvalue weighted by Crippen LogP contribution is 2.15. The van der Waals surface area contributed by atoms with Gasteiger partial charge in [-0.15, -0.1) is 11.3 Å². The van der Waals surface area contributed by atoms with Gasteiger partial charge in [0.25, 0.3) is 0 Å². The average molecular weight is 213 g/mol. The van der Waals surface area contributed by atoms with Crippen LogP contribution in [0.3, 0.4) is 0 Å². The molecule has 0 atom stereocenters. The zero-order chi connectivity index (χ0) is 10.6. The topological polar surface area (TPSA) is 65.0 Å². The van der Waals surface area contributed by atoms with Gasteiger partial charge in [0.15, 0.2) is 5.13 Å². The van der Waals surface area contributed by atoms with Gasteiger partial charge in [-0.05, 0) is 12.3 Å². The Kier molecular flexibility index (Phi) is 3.88. The Morgan fingerprint density at radius 2 is 2.43 bits per heavy atom. The number of carbonyl (C=O) groups is 1. The Labute approximate surface area is 87.0 Å². The monoisotopic (exact) mass is 213 g/mol. The van der Waals surface area contributed by atoms with Crippen molar-refractivity contribution in [3.05, 3.63) is 11.1 Å². The highest BCUT2D eigenvalue weighted by molar-refractivity contribution is 7.13. The van der Waals surface area contributed by atoms with E-state index in [0.717, 1.165) is 13.0 Å².